The molecule has 0 spiro atoms. The lowest BCUT2D eigenvalue weighted by molar-refractivity contribution is -0.713. The van der Waals surface area contributed by atoms with Gasteiger partial charge in [0.1, 0.15) is 6.04 Å². The van der Waals surface area contributed by atoms with Crippen molar-refractivity contribution in [2.45, 2.75) is 25.9 Å². The molecule has 2 aromatic rings. The van der Waals surface area contributed by atoms with Crippen LogP contribution in [0.15, 0.2) is 48.5 Å². The Morgan fingerprint density at radius 2 is 1.96 bits per heavy atom. The van der Waals surface area contributed by atoms with Crippen LogP contribution in [0.4, 0.5) is 5.69 Å². The van der Waals surface area contributed by atoms with Crippen molar-refractivity contribution in [3.8, 4) is 0 Å². The van der Waals surface area contributed by atoms with Crippen molar-refractivity contribution in [2.24, 2.45) is 0 Å². The van der Waals surface area contributed by atoms with E-state index in [1.54, 1.807) is 13.2 Å². The van der Waals surface area contributed by atoms with E-state index in [1.807, 2.05) is 61.6 Å². The highest BCUT2D eigenvalue weighted by molar-refractivity contribution is 6.31. The molecule has 0 aliphatic heterocycles. The van der Waals surface area contributed by atoms with Gasteiger partial charge in [0, 0.05) is 23.4 Å². The van der Waals surface area contributed by atoms with Crippen LogP contribution in [0.1, 0.15) is 24.1 Å². The number of amides is 1. The van der Waals surface area contributed by atoms with E-state index >= 15 is 0 Å². The smallest absolute Gasteiger partial charge is 0.287 e. The number of carbonyl (C=O) groups excluding carboxylic acids is 1. The van der Waals surface area contributed by atoms with Crippen molar-refractivity contribution in [3.63, 3.8) is 0 Å². The second-order valence-corrected chi connectivity index (χ2v) is 6.37. The summed E-state index contributed by atoms with van der Waals surface area (Å²) in [6.45, 7) is 4.54. The summed E-state index contributed by atoms with van der Waals surface area (Å²) in [5, 5.41) is 5.62. The van der Waals surface area contributed by atoms with Gasteiger partial charge in [0.05, 0.1) is 6.61 Å². The number of carbonyl (C=O) groups is 1. The van der Waals surface area contributed by atoms with Crippen LogP contribution in [0.3, 0.4) is 0 Å². The Balaban J connectivity index is 2.18. The quantitative estimate of drug-likeness (QED) is 0.809. The van der Waals surface area contributed by atoms with Crippen LogP contribution in [0.5, 0.6) is 0 Å². The number of quaternary nitrogens is 1. The standard InChI is InChI=1S/C19H23ClN2O2/c1-13-9-10-16(11-17(13)20)22-19(23)18(21-14(2)12-24-3)15-7-5-4-6-8-15/h4-11,14,18,21H,12H2,1-3H3,(H,22,23)/p+1/t14-,18+/m1/s1. The van der Waals surface area contributed by atoms with Gasteiger partial charge in [-0.05, 0) is 31.5 Å². The normalized spacial score (nSPS) is 13.3. The molecule has 0 aliphatic carbocycles. The fraction of sp³-hybridized carbons (Fsp3) is 0.316. The summed E-state index contributed by atoms with van der Waals surface area (Å²) < 4.78 is 5.19. The first-order valence-corrected chi connectivity index (χ1v) is 8.35. The first kappa shape index (κ1) is 18.5. The third-order valence-electron chi connectivity index (χ3n) is 3.83. The van der Waals surface area contributed by atoms with Crippen LogP contribution in [-0.2, 0) is 9.53 Å². The SMILES string of the molecule is COC[C@@H](C)[NH2+][C@H](C(=O)Nc1ccc(C)c(Cl)c1)c1ccccc1. The molecule has 0 saturated carbocycles. The molecule has 128 valence electrons. The molecular weight excluding hydrogens is 324 g/mol. The predicted molar refractivity (Wildman–Crippen MR) is 97.3 cm³/mol. The van der Waals surface area contributed by atoms with Gasteiger partial charge in [-0.1, -0.05) is 48.0 Å². The Morgan fingerprint density at radius 3 is 2.58 bits per heavy atom. The zero-order chi connectivity index (χ0) is 17.5. The minimum Gasteiger partial charge on any atom is -0.379 e. The number of anilines is 1. The molecule has 0 unspecified atom stereocenters. The molecule has 5 heteroatoms. The predicted octanol–water partition coefficient (Wildman–Crippen LogP) is 2.93. The molecule has 2 atom stereocenters. The zero-order valence-corrected chi connectivity index (χ0v) is 15.0. The molecule has 0 aliphatic rings. The lowest BCUT2D eigenvalue weighted by Crippen LogP contribution is -2.92. The van der Waals surface area contributed by atoms with Crippen LogP contribution < -0.4 is 10.6 Å². The van der Waals surface area contributed by atoms with Crippen LogP contribution in [0.2, 0.25) is 5.02 Å². The molecule has 0 aromatic heterocycles. The summed E-state index contributed by atoms with van der Waals surface area (Å²) in [6.07, 6.45) is 0. The van der Waals surface area contributed by atoms with Crippen LogP contribution in [-0.4, -0.2) is 25.7 Å². The number of nitrogens with one attached hydrogen (secondary N) is 1. The Morgan fingerprint density at radius 1 is 1.25 bits per heavy atom. The average Bonchev–Trinajstić information content (AvgIpc) is 2.57. The Kier molecular flexibility index (Phi) is 6.79. The van der Waals surface area contributed by atoms with E-state index in [0.717, 1.165) is 11.1 Å². The second kappa shape index (κ2) is 8.83. The minimum atomic E-state index is -0.351. The maximum absolute atomic E-state index is 12.8. The summed E-state index contributed by atoms with van der Waals surface area (Å²) in [4.78, 5) is 12.8. The Bertz CT molecular complexity index is 676. The zero-order valence-electron chi connectivity index (χ0n) is 14.3. The first-order valence-electron chi connectivity index (χ1n) is 7.97. The van der Waals surface area contributed by atoms with Crippen LogP contribution >= 0.6 is 11.6 Å². The Hall–Kier alpha value is -1.88. The van der Waals surface area contributed by atoms with Gasteiger partial charge in [0.2, 0.25) is 0 Å². The molecule has 24 heavy (non-hydrogen) atoms. The second-order valence-electron chi connectivity index (χ2n) is 5.97. The van der Waals surface area contributed by atoms with E-state index in [1.165, 1.54) is 0 Å². The minimum absolute atomic E-state index is 0.0796. The molecule has 0 fully saturated rings. The van der Waals surface area contributed by atoms with Gasteiger partial charge in [-0.25, -0.2) is 0 Å². The topological polar surface area (TPSA) is 54.9 Å². The molecule has 0 saturated heterocycles. The molecule has 1 amide bonds. The first-order chi connectivity index (χ1) is 11.5. The van der Waals surface area contributed by atoms with Crippen molar-refractivity contribution < 1.29 is 14.8 Å². The summed E-state index contributed by atoms with van der Waals surface area (Å²) in [5.41, 5.74) is 2.63. The molecule has 3 N–H and O–H groups in total. The maximum Gasteiger partial charge on any atom is 0.287 e. The third kappa shape index (κ3) is 5.06. The number of ether oxygens (including phenoxy) is 1. The number of nitrogens with two attached hydrogens (primary N) is 1. The van der Waals surface area contributed by atoms with E-state index in [2.05, 4.69) is 5.32 Å². The monoisotopic (exact) mass is 347 g/mol. The Labute approximate surface area is 148 Å². The number of methoxy groups -OCH3 is 1. The average molecular weight is 348 g/mol. The lowest BCUT2D eigenvalue weighted by atomic mass is 10.0. The van der Waals surface area contributed by atoms with Crippen molar-refractivity contribution in [1.82, 2.24) is 0 Å². The molecule has 0 bridgehead atoms. The molecule has 2 aromatic carbocycles. The lowest BCUT2D eigenvalue weighted by Gasteiger charge is -2.20. The fourth-order valence-corrected chi connectivity index (χ4v) is 2.73. The molecule has 0 radical (unpaired) electrons. The molecule has 2 rings (SSSR count). The summed E-state index contributed by atoms with van der Waals surface area (Å²) >= 11 is 6.14. The van der Waals surface area contributed by atoms with Gasteiger partial charge in [0.15, 0.2) is 6.04 Å². The van der Waals surface area contributed by atoms with Crippen molar-refractivity contribution in [3.05, 3.63) is 64.7 Å². The van der Waals surface area contributed by atoms with E-state index in [-0.39, 0.29) is 18.0 Å². The highest BCUT2D eigenvalue weighted by atomic mass is 35.5. The van der Waals surface area contributed by atoms with Crippen LogP contribution in [0.25, 0.3) is 0 Å². The van der Waals surface area contributed by atoms with E-state index in [4.69, 9.17) is 16.3 Å². The third-order valence-corrected chi connectivity index (χ3v) is 4.24. The van der Waals surface area contributed by atoms with Gasteiger partial charge >= 0.3 is 0 Å². The van der Waals surface area contributed by atoms with E-state index in [9.17, 15) is 4.79 Å². The van der Waals surface area contributed by atoms with E-state index < -0.39 is 0 Å². The number of rotatable bonds is 7. The van der Waals surface area contributed by atoms with Gasteiger partial charge in [-0.3, -0.25) is 4.79 Å². The highest BCUT2D eigenvalue weighted by Gasteiger charge is 2.26. The van der Waals surface area contributed by atoms with Crippen molar-refractivity contribution >= 4 is 23.2 Å². The highest BCUT2D eigenvalue weighted by Crippen LogP contribution is 2.21. The number of benzene rings is 2. The maximum atomic E-state index is 12.8. The van der Waals surface area contributed by atoms with Crippen LogP contribution in [0, 0.1) is 6.92 Å². The van der Waals surface area contributed by atoms with Crippen molar-refractivity contribution in [2.75, 3.05) is 19.0 Å². The largest absolute Gasteiger partial charge is 0.379 e. The molecule has 4 nitrogen and oxygen atoms in total. The number of aryl methyl sites for hydroxylation is 1. The van der Waals surface area contributed by atoms with Gasteiger partial charge in [-0.2, -0.15) is 0 Å². The number of hydrogen-bond acceptors (Lipinski definition) is 2. The van der Waals surface area contributed by atoms with Gasteiger partial charge < -0.3 is 15.4 Å². The molecule has 0 heterocycles. The number of halogens is 1. The van der Waals surface area contributed by atoms with E-state index in [0.29, 0.717) is 17.3 Å². The van der Waals surface area contributed by atoms with Gasteiger partial charge in [0.25, 0.3) is 5.91 Å². The fourth-order valence-electron chi connectivity index (χ4n) is 2.55. The summed E-state index contributed by atoms with van der Waals surface area (Å²) in [7, 11) is 1.66. The molecular formula is C19H24ClN2O2+. The van der Waals surface area contributed by atoms with Crippen molar-refractivity contribution in [1.29, 1.82) is 0 Å². The number of hydrogen-bond donors (Lipinski definition) is 2. The van der Waals surface area contributed by atoms with Gasteiger partial charge in [-0.15, -0.1) is 0 Å². The summed E-state index contributed by atoms with van der Waals surface area (Å²) in [5.74, 6) is -0.0796. The summed E-state index contributed by atoms with van der Waals surface area (Å²) in [6, 6.07) is 15.1.